The molecule has 3 N–H and O–H groups in total. The molecule has 0 fully saturated rings. The van der Waals surface area contributed by atoms with E-state index in [2.05, 4.69) is 25.9 Å². The van der Waals surface area contributed by atoms with Gasteiger partial charge < -0.3 is 0 Å². The SMILES string of the molecule is NNC(=O)c1nccc(Br)n1. The lowest BCUT2D eigenvalue weighted by Crippen LogP contribution is -2.31. The fourth-order valence-electron chi connectivity index (χ4n) is 0.511. The third-order valence-electron chi connectivity index (χ3n) is 0.956. The van der Waals surface area contributed by atoms with Gasteiger partial charge in [-0.15, -0.1) is 0 Å². The molecule has 11 heavy (non-hydrogen) atoms. The van der Waals surface area contributed by atoms with Crippen LogP contribution in [0.5, 0.6) is 0 Å². The molecule has 1 amide bonds. The molecule has 0 saturated heterocycles. The second-order valence-electron chi connectivity index (χ2n) is 1.68. The van der Waals surface area contributed by atoms with Crippen molar-refractivity contribution < 1.29 is 4.79 Å². The molecule has 0 aliphatic rings. The molecule has 0 unspecified atom stereocenters. The minimum absolute atomic E-state index is 0.0434. The number of carbonyl (C=O) groups is 1. The van der Waals surface area contributed by atoms with Crippen LogP contribution in [0, 0.1) is 0 Å². The maximum absolute atomic E-state index is 10.8. The van der Waals surface area contributed by atoms with Gasteiger partial charge in [-0.3, -0.25) is 10.2 Å². The number of nitrogens with one attached hydrogen (secondary N) is 1. The van der Waals surface area contributed by atoms with Gasteiger partial charge in [0.25, 0.3) is 0 Å². The Hall–Kier alpha value is -1.01. The summed E-state index contributed by atoms with van der Waals surface area (Å²) in [5.74, 6) is 4.39. The van der Waals surface area contributed by atoms with Crippen LogP contribution >= 0.6 is 15.9 Å². The Morgan fingerprint density at radius 2 is 2.45 bits per heavy atom. The number of amides is 1. The van der Waals surface area contributed by atoms with Gasteiger partial charge in [0.05, 0.1) is 0 Å². The molecule has 1 aromatic heterocycles. The minimum atomic E-state index is -0.508. The van der Waals surface area contributed by atoms with E-state index in [1.54, 1.807) is 6.07 Å². The number of carbonyl (C=O) groups excluding carboxylic acids is 1. The first-order valence-corrected chi connectivity index (χ1v) is 3.53. The topological polar surface area (TPSA) is 80.9 Å². The molecule has 1 aromatic rings. The van der Waals surface area contributed by atoms with E-state index in [0.29, 0.717) is 4.60 Å². The quantitative estimate of drug-likeness (QED) is 0.296. The fourth-order valence-corrected chi connectivity index (χ4v) is 0.797. The average molecular weight is 217 g/mol. The number of nitrogen functional groups attached to an aromatic ring is 1. The van der Waals surface area contributed by atoms with Gasteiger partial charge in [-0.05, 0) is 22.0 Å². The van der Waals surface area contributed by atoms with Crippen molar-refractivity contribution in [3.05, 3.63) is 22.7 Å². The zero-order valence-corrected chi connectivity index (χ0v) is 7.00. The highest BCUT2D eigenvalue weighted by atomic mass is 79.9. The van der Waals surface area contributed by atoms with Crippen molar-refractivity contribution in [2.24, 2.45) is 5.84 Å². The smallest absolute Gasteiger partial charge is 0.287 e. The Morgan fingerprint density at radius 1 is 1.73 bits per heavy atom. The highest BCUT2D eigenvalue weighted by molar-refractivity contribution is 9.10. The van der Waals surface area contributed by atoms with Crippen LogP contribution in [0.3, 0.4) is 0 Å². The first kappa shape index (κ1) is 8.09. The average Bonchev–Trinajstić information content (AvgIpc) is 2.03. The van der Waals surface area contributed by atoms with Gasteiger partial charge in [0.15, 0.2) is 0 Å². The largest absolute Gasteiger partial charge is 0.302 e. The zero-order valence-electron chi connectivity index (χ0n) is 5.41. The molecule has 0 spiro atoms. The highest BCUT2D eigenvalue weighted by Crippen LogP contribution is 2.02. The number of aromatic nitrogens is 2. The van der Waals surface area contributed by atoms with E-state index in [4.69, 9.17) is 5.84 Å². The number of nitrogens with zero attached hydrogens (tertiary/aromatic N) is 2. The van der Waals surface area contributed by atoms with Crippen LogP contribution in [-0.4, -0.2) is 15.9 Å². The Morgan fingerprint density at radius 3 is 3.00 bits per heavy atom. The molecule has 6 heteroatoms. The van der Waals surface area contributed by atoms with Crippen molar-refractivity contribution in [2.75, 3.05) is 0 Å². The molecular weight excluding hydrogens is 212 g/mol. The van der Waals surface area contributed by atoms with Crippen molar-refractivity contribution in [3.63, 3.8) is 0 Å². The van der Waals surface area contributed by atoms with Gasteiger partial charge >= 0.3 is 5.91 Å². The molecule has 0 saturated carbocycles. The summed E-state index contributed by atoms with van der Waals surface area (Å²) in [7, 11) is 0. The first-order valence-electron chi connectivity index (χ1n) is 2.73. The van der Waals surface area contributed by atoms with Crippen molar-refractivity contribution >= 4 is 21.8 Å². The summed E-state index contributed by atoms with van der Waals surface area (Å²) in [5, 5.41) is 0. The standard InChI is InChI=1S/C5H5BrN4O/c6-3-1-2-8-4(9-3)5(11)10-7/h1-2H,7H2,(H,10,11). The van der Waals surface area contributed by atoms with E-state index in [1.165, 1.54) is 6.20 Å². The Kier molecular flexibility index (Phi) is 2.50. The van der Waals surface area contributed by atoms with Crippen LogP contribution in [-0.2, 0) is 0 Å². The third kappa shape index (κ3) is 1.95. The van der Waals surface area contributed by atoms with E-state index >= 15 is 0 Å². The number of rotatable bonds is 1. The normalized spacial score (nSPS) is 9.27. The lowest BCUT2D eigenvalue weighted by atomic mass is 10.5. The monoisotopic (exact) mass is 216 g/mol. The van der Waals surface area contributed by atoms with E-state index in [9.17, 15) is 4.79 Å². The van der Waals surface area contributed by atoms with Crippen molar-refractivity contribution in [3.8, 4) is 0 Å². The van der Waals surface area contributed by atoms with E-state index in [1.807, 2.05) is 5.43 Å². The molecule has 0 aliphatic heterocycles. The van der Waals surface area contributed by atoms with Gasteiger partial charge in [0.1, 0.15) is 4.60 Å². The number of hydrogen-bond acceptors (Lipinski definition) is 4. The van der Waals surface area contributed by atoms with E-state index in [-0.39, 0.29) is 5.82 Å². The molecule has 58 valence electrons. The fraction of sp³-hybridized carbons (Fsp3) is 0. The van der Waals surface area contributed by atoms with Crippen molar-refractivity contribution in [2.45, 2.75) is 0 Å². The van der Waals surface area contributed by atoms with Crippen LogP contribution in [0.4, 0.5) is 0 Å². The van der Waals surface area contributed by atoms with Crippen molar-refractivity contribution in [1.29, 1.82) is 0 Å². The summed E-state index contributed by atoms with van der Waals surface area (Å²) in [5.41, 5.74) is 1.92. The summed E-state index contributed by atoms with van der Waals surface area (Å²) in [6.07, 6.45) is 1.46. The molecule has 0 radical (unpaired) electrons. The Balaban J connectivity index is 2.96. The lowest BCUT2D eigenvalue weighted by Gasteiger charge is -1.96. The van der Waals surface area contributed by atoms with Gasteiger partial charge in [-0.2, -0.15) is 0 Å². The second kappa shape index (κ2) is 3.40. The van der Waals surface area contributed by atoms with Crippen LogP contribution in [0.15, 0.2) is 16.9 Å². The van der Waals surface area contributed by atoms with Gasteiger partial charge in [-0.25, -0.2) is 15.8 Å². The van der Waals surface area contributed by atoms with Crippen LogP contribution in [0.25, 0.3) is 0 Å². The molecule has 0 aromatic carbocycles. The van der Waals surface area contributed by atoms with Crippen LogP contribution < -0.4 is 11.3 Å². The van der Waals surface area contributed by atoms with Gasteiger partial charge in [0, 0.05) is 6.20 Å². The summed E-state index contributed by atoms with van der Waals surface area (Å²) < 4.78 is 0.547. The zero-order chi connectivity index (χ0) is 8.27. The van der Waals surface area contributed by atoms with E-state index in [0.717, 1.165) is 0 Å². The number of hydrogen-bond donors (Lipinski definition) is 2. The van der Waals surface area contributed by atoms with Gasteiger partial charge in [0.2, 0.25) is 5.82 Å². The summed E-state index contributed by atoms with van der Waals surface area (Å²) in [6, 6.07) is 1.62. The van der Waals surface area contributed by atoms with Crippen LogP contribution in [0.1, 0.15) is 10.6 Å². The third-order valence-corrected chi connectivity index (χ3v) is 1.40. The highest BCUT2D eigenvalue weighted by Gasteiger charge is 2.05. The Bertz CT molecular complexity index is 277. The Labute approximate surface area is 71.1 Å². The number of hydrazine groups is 1. The molecule has 0 atom stereocenters. The first-order chi connectivity index (χ1) is 5.24. The number of halogens is 1. The summed E-state index contributed by atoms with van der Waals surface area (Å²) in [4.78, 5) is 18.2. The molecule has 1 rings (SSSR count). The maximum Gasteiger partial charge on any atom is 0.302 e. The van der Waals surface area contributed by atoms with Crippen molar-refractivity contribution in [1.82, 2.24) is 15.4 Å². The molecule has 0 bridgehead atoms. The van der Waals surface area contributed by atoms with Gasteiger partial charge in [-0.1, -0.05) is 0 Å². The van der Waals surface area contributed by atoms with E-state index < -0.39 is 5.91 Å². The summed E-state index contributed by atoms with van der Waals surface area (Å²) >= 11 is 3.09. The molecule has 5 nitrogen and oxygen atoms in total. The molecule has 0 aliphatic carbocycles. The summed E-state index contributed by atoms with van der Waals surface area (Å²) in [6.45, 7) is 0. The second-order valence-corrected chi connectivity index (χ2v) is 2.49. The molecular formula is C5H5BrN4O. The number of nitrogens with two attached hydrogens (primary N) is 1. The maximum atomic E-state index is 10.8. The molecule has 1 heterocycles. The lowest BCUT2D eigenvalue weighted by molar-refractivity contribution is 0.0943. The van der Waals surface area contributed by atoms with Crippen LogP contribution in [0.2, 0.25) is 0 Å². The predicted octanol–water partition coefficient (Wildman–Crippen LogP) is -0.157. The predicted molar refractivity (Wildman–Crippen MR) is 41.4 cm³/mol. The minimum Gasteiger partial charge on any atom is -0.287 e.